The average Bonchev–Trinajstić information content (AvgIpc) is 2.52. The van der Waals surface area contributed by atoms with Gasteiger partial charge in [-0.15, -0.1) is 0 Å². The third kappa shape index (κ3) is 2.29. The monoisotopic (exact) mass is 281 g/mol. The number of nitrogens with zero attached hydrogens (tertiary/aromatic N) is 1. The number of aromatic nitrogens is 1. The number of hydrogen-bond acceptors (Lipinski definition) is 4. The Morgan fingerprint density at radius 1 is 1.10 bits per heavy atom. The van der Waals surface area contributed by atoms with Gasteiger partial charge < -0.3 is 9.47 Å². The molecule has 2 aromatic carbocycles. The maximum atomic E-state index is 12.4. The molecule has 0 amide bonds. The van der Waals surface area contributed by atoms with E-state index in [0.29, 0.717) is 17.9 Å². The smallest absolute Gasteiger partial charge is 0.339 e. The van der Waals surface area contributed by atoms with E-state index in [1.807, 2.05) is 42.5 Å². The summed E-state index contributed by atoms with van der Waals surface area (Å²) in [4.78, 5) is 17.0. The lowest BCUT2D eigenvalue weighted by molar-refractivity contribution is 0.0531. The second kappa shape index (κ2) is 5.40. The number of rotatable bonds is 3. The van der Waals surface area contributed by atoms with Crippen molar-refractivity contribution in [2.24, 2.45) is 0 Å². The van der Waals surface area contributed by atoms with Gasteiger partial charge in [0.25, 0.3) is 0 Å². The summed E-state index contributed by atoms with van der Waals surface area (Å²) in [5, 5.41) is 1.53. The first-order chi connectivity index (χ1) is 10.2. The molecule has 0 radical (unpaired) electrons. The van der Waals surface area contributed by atoms with Gasteiger partial charge in [-0.2, -0.15) is 0 Å². The molecule has 106 valence electrons. The van der Waals surface area contributed by atoms with Gasteiger partial charge in [0, 0.05) is 10.8 Å². The van der Waals surface area contributed by atoms with Gasteiger partial charge in [0.15, 0.2) is 0 Å². The molecule has 0 bridgehead atoms. The Labute approximate surface area is 122 Å². The standard InChI is InChI=1S/C17H15NO3/c1-3-21-17(19)16-12-6-4-5-7-14(12)18-15-9-8-11(20-2)10-13(15)16/h4-10H,3H2,1-2H3. The molecule has 0 saturated carbocycles. The van der Waals surface area contributed by atoms with Gasteiger partial charge in [-0.25, -0.2) is 9.78 Å². The normalized spacial score (nSPS) is 10.8. The van der Waals surface area contributed by atoms with Gasteiger partial charge in [-0.1, -0.05) is 18.2 Å². The molecule has 0 spiro atoms. The highest BCUT2D eigenvalue weighted by atomic mass is 16.5. The van der Waals surface area contributed by atoms with E-state index in [2.05, 4.69) is 4.98 Å². The van der Waals surface area contributed by atoms with Gasteiger partial charge in [0.05, 0.1) is 30.3 Å². The predicted molar refractivity (Wildman–Crippen MR) is 81.8 cm³/mol. The SMILES string of the molecule is CCOC(=O)c1c2ccccc2nc2ccc(OC)cc12. The number of pyridine rings is 1. The lowest BCUT2D eigenvalue weighted by atomic mass is 10.0. The highest BCUT2D eigenvalue weighted by Crippen LogP contribution is 2.29. The Balaban J connectivity index is 2.41. The fourth-order valence-corrected chi connectivity index (χ4v) is 2.42. The van der Waals surface area contributed by atoms with E-state index in [1.165, 1.54) is 0 Å². The summed E-state index contributed by atoms with van der Waals surface area (Å²) in [6.45, 7) is 2.13. The van der Waals surface area contributed by atoms with Crippen molar-refractivity contribution < 1.29 is 14.3 Å². The largest absolute Gasteiger partial charge is 0.497 e. The van der Waals surface area contributed by atoms with Gasteiger partial charge in [-0.05, 0) is 31.2 Å². The lowest BCUT2D eigenvalue weighted by Crippen LogP contribution is -2.07. The topological polar surface area (TPSA) is 48.4 Å². The maximum Gasteiger partial charge on any atom is 0.339 e. The van der Waals surface area contributed by atoms with E-state index in [9.17, 15) is 4.79 Å². The first kappa shape index (κ1) is 13.4. The summed E-state index contributed by atoms with van der Waals surface area (Å²) >= 11 is 0. The van der Waals surface area contributed by atoms with Crippen molar-refractivity contribution in [3.8, 4) is 5.75 Å². The lowest BCUT2D eigenvalue weighted by Gasteiger charge is -2.11. The summed E-state index contributed by atoms with van der Waals surface area (Å²) in [6.07, 6.45) is 0. The molecule has 0 atom stereocenters. The third-order valence-corrected chi connectivity index (χ3v) is 3.37. The summed E-state index contributed by atoms with van der Waals surface area (Å²) in [5.74, 6) is 0.347. The predicted octanol–water partition coefficient (Wildman–Crippen LogP) is 3.57. The Morgan fingerprint density at radius 2 is 1.86 bits per heavy atom. The summed E-state index contributed by atoms with van der Waals surface area (Å²) in [5.41, 5.74) is 2.06. The third-order valence-electron chi connectivity index (χ3n) is 3.37. The van der Waals surface area contributed by atoms with Crippen LogP contribution in [-0.2, 0) is 4.74 Å². The van der Waals surface area contributed by atoms with Crippen LogP contribution in [0.1, 0.15) is 17.3 Å². The molecule has 4 nitrogen and oxygen atoms in total. The zero-order chi connectivity index (χ0) is 14.8. The van der Waals surface area contributed by atoms with Crippen molar-refractivity contribution in [1.29, 1.82) is 0 Å². The minimum absolute atomic E-state index is 0.334. The Hall–Kier alpha value is -2.62. The van der Waals surface area contributed by atoms with Crippen LogP contribution in [0.2, 0.25) is 0 Å². The van der Waals surface area contributed by atoms with Gasteiger partial charge in [0.1, 0.15) is 5.75 Å². The van der Waals surface area contributed by atoms with Crippen molar-refractivity contribution in [1.82, 2.24) is 4.98 Å². The minimum Gasteiger partial charge on any atom is -0.497 e. The van der Waals surface area contributed by atoms with E-state index < -0.39 is 0 Å². The maximum absolute atomic E-state index is 12.4. The molecule has 0 aliphatic heterocycles. The summed E-state index contributed by atoms with van der Waals surface area (Å²) in [7, 11) is 1.60. The number of benzene rings is 2. The van der Waals surface area contributed by atoms with Crippen LogP contribution in [0, 0.1) is 0 Å². The summed E-state index contributed by atoms with van der Waals surface area (Å²) < 4.78 is 10.5. The van der Waals surface area contributed by atoms with Crippen LogP contribution in [0.15, 0.2) is 42.5 Å². The molecule has 0 fully saturated rings. The number of para-hydroxylation sites is 1. The van der Waals surface area contributed by atoms with Crippen LogP contribution in [0.5, 0.6) is 5.75 Å². The van der Waals surface area contributed by atoms with Gasteiger partial charge >= 0.3 is 5.97 Å². The molecule has 0 saturated heterocycles. The molecular weight excluding hydrogens is 266 g/mol. The summed E-state index contributed by atoms with van der Waals surface area (Å²) in [6, 6.07) is 13.1. The van der Waals surface area contributed by atoms with Gasteiger partial charge in [0.2, 0.25) is 0 Å². The van der Waals surface area contributed by atoms with Crippen LogP contribution in [-0.4, -0.2) is 24.7 Å². The second-order valence-electron chi connectivity index (χ2n) is 4.61. The van der Waals surface area contributed by atoms with Crippen LogP contribution in [0.25, 0.3) is 21.8 Å². The molecule has 0 aliphatic rings. The number of fused-ring (bicyclic) bond motifs is 2. The number of carbonyl (C=O) groups is 1. The van der Waals surface area contributed by atoms with Crippen molar-refractivity contribution in [2.75, 3.05) is 13.7 Å². The van der Waals surface area contributed by atoms with Crippen molar-refractivity contribution in [3.05, 3.63) is 48.0 Å². The van der Waals surface area contributed by atoms with E-state index in [1.54, 1.807) is 14.0 Å². The molecule has 1 heterocycles. The highest BCUT2D eigenvalue weighted by Gasteiger charge is 2.17. The van der Waals surface area contributed by atoms with Gasteiger partial charge in [-0.3, -0.25) is 0 Å². The van der Waals surface area contributed by atoms with Crippen LogP contribution in [0.3, 0.4) is 0 Å². The number of ether oxygens (including phenoxy) is 2. The molecule has 4 heteroatoms. The molecule has 0 N–H and O–H groups in total. The van der Waals surface area contributed by atoms with Crippen molar-refractivity contribution in [2.45, 2.75) is 6.92 Å². The second-order valence-corrected chi connectivity index (χ2v) is 4.61. The number of hydrogen-bond donors (Lipinski definition) is 0. The molecule has 21 heavy (non-hydrogen) atoms. The molecule has 1 aromatic heterocycles. The van der Waals surface area contributed by atoms with E-state index in [-0.39, 0.29) is 5.97 Å². The average molecular weight is 281 g/mol. The molecule has 3 aromatic rings. The van der Waals surface area contributed by atoms with Crippen molar-refractivity contribution >= 4 is 27.8 Å². The van der Waals surface area contributed by atoms with Crippen molar-refractivity contribution in [3.63, 3.8) is 0 Å². The molecule has 0 unspecified atom stereocenters. The molecule has 0 aliphatic carbocycles. The zero-order valence-electron chi connectivity index (χ0n) is 11.9. The molecular formula is C17H15NO3. The number of carbonyl (C=O) groups excluding carboxylic acids is 1. The minimum atomic E-state index is -0.339. The highest BCUT2D eigenvalue weighted by molar-refractivity contribution is 6.14. The number of esters is 1. The molecule has 3 rings (SSSR count). The Bertz CT molecular complexity index is 827. The zero-order valence-corrected chi connectivity index (χ0v) is 11.9. The fourth-order valence-electron chi connectivity index (χ4n) is 2.42. The fraction of sp³-hybridized carbons (Fsp3) is 0.176. The Morgan fingerprint density at radius 3 is 2.62 bits per heavy atom. The number of methoxy groups -OCH3 is 1. The first-order valence-corrected chi connectivity index (χ1v) is 6.78. The van der Waals surface area contributed by atoms with Crippen LogP contribution < -0.4 is 4.74 Å². The van der Waals surface area contributed by atoms with E-state index in [0.717, 1.165) is 21.8 Å². The van der Waals surface area contributed by atoms with E-state index >= 15 is 0 Å². The first-order valence-electron chi connectivity index (χ1n) is 6.78. The Kier molecular flexibility index (Phi) is 3.44. The van der Waals surface area contributed by atoms with E-state index in [4.69, 9.17) is 9.47 Å². The van der Waals surface area contributed by atoms with Crippen LogP contribution in [0.4, 0.5) is 0 Å². The van der Waals surface area contributed by atoms with Crippen LogP contribution >= 0.6 is 0 Å². The quantitative estimate of drug-likeness (QED) is 0.544.